The van der Waals surface area contributed by atoms with Crippen LogP contribution >= 0.6 is 0 Å². The molecule has 1 aliphatic rings. The fraction of sp³-hybridized carbons (Fsp3) is 0.160. The van der Waals surface area contributed by atoms with Gasteiger partial charge in [0.1, 0.15) is 18.2 Å². The molecule has 30 heavy (non-hydrogen) atoms. The lowest BCUT2D eigenvalue weighted by Crippen LogP contribution is -2.18. The Morgan fingerprint density at radius 3 is 2.73 bits per heavy atom. The molecular formula is C25H21FN2O2. The van der Waals surface area contributed by atoms with Crippen molar-refractivity contribution in [1.82, 2.24) is 9.55 Å². The summed E-state index contributed by atoms with van der Waals surface area (Å²) >= 11 is 0. The second-order valence-corrected chi connectivity index (χ2v) is 7.81. The Morgan fingerprint density at radius 1 is 1.07 bits per heavy atom. The molecule has 0 aliphatic carbocycles. The molecule has 0 spiro atoms. The first-order valence-corrected chi connectivity index (χ1v) is 9.98. The average molecular weight is 400 g/mol. The highest BCUT2D eigenvalue weighted by Gasteiger charge is 2.20. The number of nitrogens with one attached hydrogen (secondary N) is 1. The van der Waals surface area contributed by atoms with Crippen LogP contribution in [0.5, 0.6) is 5.75 Å². The van der Waals surface area contributed by atoms with Crippen LogP contribution in [-0.4, -0.2) is 9.55 Å². The van der Waals surface area contributed by atoms with Crippen molar-refractivity contribution in [1.29, 1.82) is 0 Å². The van der Waals surface area contributed by atoms with E-state index in [9.17, 15) is 9.18 Å². The van der Waals surface area contributed by atoms with Gasteiger partial charge in [0, 0.05) is 17.7 Å². The molecule has 1 aromatic heterocycles. The van der Waals surface area contributed by atoms with Gasteiger partial charge in [-0.15, -0.1) is 0 Å². The molecule has 4 nitrogen and oxygen atoms in total. The molecule has 2 heterocycles. The van der Waals surface area contributed by atoms with E-state index in [0.717, 1.165) is 38.9 Å². The minimum Gasteiger partial charge on any atom is -0.488 e. The van der Waals surface area contributed by atoms with Crippen molar-refractivity contribution in [3.05, 3.63) is 99.2 Å². The number of imidazole rings is 1. The van der Waals surface area contributed by atoms with E-state index in [1.807, 2.05) is 50.2 Å². The zero-order valence-corrected chi connectivity index (χ0v) is 16.8. The lowest BCUT2D eigenvalue weighted by Gasteiger charge is -2.11. The summed E-state index contributed by atoms with van der Waals surface area (Å²) in [5.74, 6) is 0.200. The van der Waals surface area contributed by atoms with E-state index in [2.05, 4.69) is 17.1 Å². The van der Waals surface area contributed by atoms with E-state index in [1.54, 1.807) is 10.6 Å². The van der Waals surface area contributed by atoms with Crippen molar-refractivity contribution in [3.8, 4) is 5.75 Å². The minimum atomic E-state index is -0.326. The van der Waals surface area contributed by atoms with Crippen LogP contribution in [0.25, 0.3) is 22.7 Å². The summed E-state index contributed by atoms with van der Waals surface area (Å²) < 4.78 is 21.5. The number of aromatic amines is 1. The number of fused-ring (bicyclic) bond motifs is 3. The van der Waals surface area contributed by atoms with E-state index in [4.69, 9.17) is 4.74 Å². The number of nitrogens with zero attached hydrogens (tertiary/aromatic N) is 1. The van der Waals surface area contributed by atoms with E-state index >= 15 is 0 Å². The van der Waals surface area contributed by atoms with E-state index in [0.29, 0.717) is 12.4 Å². The SMILES string of the molecule is CC(C)n1c(=O)[nH]c2cc(/C=C3/c4ccccc4COc4cc(F)ccc43)ccc21. The Balaban J connectivity index is 1.72. The molecular weight excluding hydrogens is 379 g/mol. The number of hydrogen-bond acceptors (Lipinski definition) is 2. The van der Waals surface area contributed by atoms with Crippen molar-refractivity contribution < 1.29 is 9.13 Å². The molecule has 5 rings (SSSR count). The standard InChI is InChI=1S/C25H21FN2O2/c1-15(2)28-23-10-7-16(12-22(23)27-25(28)29)11-21-19-6-4-3-5-17(19)14-30-24-13-18(26)8-9-20(21)24/h3-13,15H,14H2,1-2H3,(H,27,29)/b21-11-. The van der Waals surface area contributed by atoms with Crippen LogP contribution < -0.4 is 10.4 Å². The normalized spacial score (nSPS) is 14.5. The number of H-pyrrole nitrogens is 1. The highest BCUT2D eigenvalue weighted by Crippen LogP contribution is 2.38. The molecule has 3 aromatic carbocycles. The maximum Gasteiger partial charge on any atom is 0.326 e. The monoisotopic (exact) mass is 400 g/mol. The van der Waals surface area contributed by atoms with Gasteiger partial charge in [0.25, 0.3) is 0 Å². The number of halogens is 1. The van der Waals surface area contributed by atoms with Crippen LogP contribution in [0.15, 0.2) is 65.5 Å². The van der Waals surface area contributed by atoms with Gasteiger partial charge in [0.05, 0.1) is 11.0 Å². The number of aromatic nitrogens is 2. The lowest BCUT2D eigenvalue weighted by atomic mass is 9.92. The topological polar surface area (TPSA) is 47.0 Å². The Hall–Kier alpha value is -3.60. The third-order valence-electron chi connectivity index (χ3n) is 5.49. The predicted molar refractivity (Wildman–Crippen MR) is 117 cm³/mol. The smallest absolute Gasteiger partial charge is 0.326 e. The molecule has 0 amide bonds. The maximum absolute atomic E-state index is 13.9. The first-order chi connectivity index (χ1) is 14.5. The third-order valence-corrected chi connectivity index (χ3v) is 5.49. The zero-order valence-electron chi connectivity index (χ0n) is 16.8. The molecule has 4 aromatic rings. The molecule has 0 saturated carbocycles. The molecule has 0 atom stereocenters. The first kappa shape index (κ1) is 18.4. The van der Waals surface area contributed by atoms with Gasteiger partial charge in [-0.3, -0.25) is 4.57 Å². The number of ether oxygens (including phenoxy) is 1. The average Bonchev–Trinajstić information content (AvgIpc) is 2.98. The summed E-state index contributed by atoms with van der Waals surface area (Å²) in [7, 11) is 0. The van der Waals surface area contributed by atoms with Crippen LogP contribution in [0, 0.1) is 5.82 Å². The van der Waals surface area contributed by atoms with Crippen molar-refractivity contribution in [3.63, 3.8) is 0 Å². The molecule has 0 bridgehead atoms. The predicted octanol–water partition coefficient (Wildman–Crippen LogP) is 5.53. The third kappa shape index (κ3) is 3.03. The van der Waals surface area contributed by atoms with Crippen molar-refractivity contribution in [2.45, 2.75) is 26.5 Å². The van der Waals surface area contributed by atoms with Gasteiger partial charge in [-0.25, -0.2) is 9.18 Å². The first-order valence-electron chi connectivity index (χ1n) is 9.98. The Bertz CT molecular complexity index is 1360. The highest BCUT2D eigenvalue weighted by atomic mass is 19.1. The summed E-state index contributed by atoms with van der Waals surface area (Å²) in [6.45, 7) is 4.36. The van der Waals surface area contributed by atoms with E-state index in [-0.39, 0.29) is 17.5 Å². The second-order valence-electron chi connectivity index (χ2n) is 7.81. The number of benzene rings is 3. The minimum absolute atomic E-state index is 0.0723. The van der Waals surface area contributed by atoms with E-state index in [1.165, 1.54) is 12.1 Å². The Morgan fingerprint density at radius 2 is 1.90 bits per heavy atom. The van der Waals surface area contributed by atoms with Gasteiger partial charge in [0.15, 0.2) is 0 Å². The van der Waals surface area contributed by atoms with Crippen LogP contribution in [0.2, 0.25) is 0 Å². The van der Waals surface area contributed by atoms with E-state index < -0.39 is 0 Å². The second kappa shape index (κ2) is 7.02. The van der Waals surface area contributed by atoms with Gasteiger partial charge in [-0.05, 0) is 66.5 Å². The number of rotatable bonds is 2. The molecule has 0 fully saturated rings. The zero-order chi connectivity index (χ0) is 20.8. The quantitative estimate of drug-likeness (QED) is 0.481. The van der Waals surface area contributed by atoms with Crippen molar-refractivity contribution >= 4 is 22.7 Å². The maximum atomic E-state index is 13.9. The van der Waals surface area contributed by atoms with Crippen LogP contribution in [0.4, 0.5) is 4.39 Å². The molecule has 0 radical (unpaired) electrons. The summed E-state index contributed by atoms with van der Waals surface area (Å²) in [5.41, 5.74) is 6.40. The summed E-state index contributed by atoms with van der Waals surface area (Å²) in [6, 6.07) is 18.7. The van der Waals surface area contributed by atoms with Crippen molar-refractivity contribution in [2.24, 2.45) is 0 Å². The fourth-order valence-corrected chi connectivity index (χ4v) is 4.12. The summed E-state index contributed by atoms with van der Waals surface area (Å²) in [4.78, 5) is 15.3. The van der Waals surface area contributed by atoms with Gasteiger partial charge in [0.2, 0.25) is 0 Å². The Labute approximate surface area is 173 Å². The van der Waals surface area contributed by atoms with Gasteiger partial charge in [-0.1, -0.05) is 30.3 Å². The molecule has 0 unspecified atom stereocenters. The number of hydrogen-bond donors (Lipinski definition) is 1. The highest BCUT2D eigenvalue weighted by molar-refractivity contribution is 5.95. The lowest BCUT2D eigenvalue weighted by molar-refractivity contribution is 0.305. The fourth-order valence-electron chi connectivity index (χ4n) is 4.12. The van der Waals surface area contributed by atoms with Gasteiger partial charge in [-0.2, -0.15) is 0 Å². The van der Waals surface area contributed by atoms with Crippen LogP contribution in [0.1, 0.15) is 42.1 Å². The largest absolute Gasteiger partial charge is 0.488 e. The van der Waals surface area contributed by atoms with Gasteiger partial charge < -0.3 is 9.72 Å². The summed E-state index contributed by atoms with van der Waals surface area (Å²) in [6.07, 6.45) is 2.06. The molecule has 150 valence electrons. The molecule has 0 saturated heterocycles. The summed E-state index contributed by atoms with van der Waals surface area (Å²) in [5, 5.41) is 0. The molecule has 1 aliphatic heterocycles. The molecule has 5 heteroatoms. The van der Waals surface area contributed by atoms with Gasteiger partial charge >= 0.3 is 5.69 Å². The Kier molecular flexibility index (Phi) is 4.31. The van der Waals surface area contributed by atoms with Crippen LogP contribution in [-0.2, 0) is 6.61 Å². The molecule has 1 N–H and O–H groups in total. The van der Waals surface area contributed by atoms with Crippen LogP contribution in [0.3, 0.4) is 0 Å². The van der Waals surface area contributed by atoms with Crippen molar-refractivity contribution in [2.75, 3.05) is 0 Å².